The second kappa shape index (κ2) is 6.63. The van der Waals surface area contributed by atoms with Gasteiger partial charge in [0.05, 0.1) is 18.8 Å². The number of carbonyl (C=O) groups is 2. The number of fused-ring (bicyclic) bond motifs is 3. The smallest absolute Gasteiger partial charge is 0.328 e. The predicted octanol–water partition coefficient (Wildman–Crippen LogP) is 1.89. The molecule has 0 N–H and O–H groups in total. The van der Waals surface area contributed by atoms with Gasteiger partial charge in [0, 0.05) is 26.1 Å². The number of guanidine groups is 1. The second-order valence-electron chi connectivity index (χ2n) is 7.40. The van der Waals surface area contributed by atoms with E-state index in [1.807, 2.05) is 24.1 Å². The van der Waals surface area contributed by atoms with Crippen molar-refractivity contribution in [2.75, 3.05) is 32.2 Å². The van der Waals surface area contributed by atoms with Crippen molar-refractivity contribution in [3.8, 4) is 0 Å². The summed E-state index contributed by atoms with van der Waals surface area (Å²) in [4.78, 5) is 37.4. The molecule has 1 saturated heterocycles. The minimum absolute atomic E-state index is 0.230. The van der Waals surface area contributed by atoms with Gasteiger partial charge in [-0.2, -0.15) is 0 Å². The summed E-state index contributed by atoms with van der Waals surface area (Å²) in [5, 5.41) is 0. The predicted molar refractivity (Wildman–Crippen MR) is 106 cm³/mol. The Balaban J connectivity index is 1.72. The number of allylic oxidation sites excluding steroid dienone is 1. The van der Waals surface area contributed by atoms with E-state index in [0.29, 0.717) is 12.6 Å². The van der Waals surface area contributed by atoms with E-state index in [2.05, 4.69) is 30.9 Å². The van der Waals surface area contributed by atoms with Gasteiger partial charge in [-0.15, -0.1) is 0 Å². The molecule has 0 aliphatic carbocycles. The zero-order valence-corrected chi connectivity index (χ0v) is 16.8. The number of likely N-dealkylation sites (N-methyl/N-ethyl adjacent to an activating group) is 1. The molecule has 8 heteroatoms. The number of benzene rings is 1. The molecule has 2 unspecified atom stereocenters. The van der Waals surface area contributed by atoms with E-state index in [0.717, 1.165) is 16.9 Å². The summed E-state index contributed by atoms with van der Waals surface area (Å²) >= 11 is 0. The largest absolute Gasteiger partial charge is 0.383 e. The molecule has 0 saturated carbocycles. The van der Waals surface area contributed by atoms with Crippen molar-refractivity contribution >= 4 is 23.6 Å². The third-order valence-corrected chi connectivity index (χ3v) is 5.72. The third kappa shape index (κ3) is 2.51. The van der Waals surface area contributed by atoms with Crippen LogP contribution >= 0.6 is 0 Å². The normalized spacial score (nSPS) is 23.9. The number of imide groups is 1. The molecule has 1 aromatic rings. The average Bonchev–Trinajstić information content (AvgIpc) is 3.17. The Kier molecular flexibility index (Phi) is 4.38. The van der Waals surface area contributed by atoms with E-state index in [1.165, 1.54) is 15.4 Å². The topological polar surface area (TPSA) is 68.7 Å². The number of aryl methyl sites for hydroxylation is 1. The summed E-state index contributed by atoms with van der Waals surface area (Å²) in [7, 11) is 3.24. The number of hydrogen-bond acceptors (Lipinski definition) is 6. The molecule has 0 radical (unpaired) electrons. The van der Waals surface area contributed by atoms with Gasteiger partial charge < -0.3 is 14.5 Å². The van der Waals surface area contributed by atoms with Crippen LogP contribution in [-0.4, -0.2) is 72.1 Å². The maximum absolute atomic E-state index is 13.1. The van der Waals surface area contributed by atoms with E-state index in [1.54, 1.807) is 14.2 Å². The first kappa shape index (κ1) is 18.5. The minimum atomic E-state index is -0.556. The number of anilines is 1. The molecular weight excluding hydrogens is 358 g/mol. The molecule has 1 aromatic carbocycles. The van der Waals surface area contributed by atoms with Crippen molar-refractivity contribution in [1.29, 1.82) is 0 Å². The number of nitrogens with zero attached hydrogens (tertiary/aromatic N) is 5. The van der Waals surface area contributed by atoms with Crippen molar-refractivity contribution in [2.45, 2.75) is 33.0 Å². The van der Waals surface area contributed by atoms with E-state index < -0.39 is 12.2 Å². The zero-order chi connectivity index (χ0) is 20.2. The van der Waals surface area contributed by atoms with Crippen molar-refractivity contribution in [3.63, 3.8) is 0 Å². The van der Waals surface area contributed by atoms with Crippen LogP contribution in [0.3, 0.4) is 0 Å². The van der Waals surface area contributed by atoms with E-state index in [-0.39, 0.29) is 18.5 Å². The Hall–Kier alpha value is -2.87. The van der Waals surface area contributed by atoms with Gasteiger partial charge in [0.25, 0.3) is 5.91 Å². The van der Waals surface area contributed by atoms with Gasteiger partial charge in [0.15, 0.2) is 12.2 Å². The molecule has 3 aliphatic heterocycles. The van der Waals surface area contributed by atoms with Gasteiger partial charge in [0.1, 0.15) is 0 Å². The van der Waals surface area contributed by atoms with Crippen LogP contribution in [-0.2, 0) is 9.53 Å². The molecule has 28 heavy (non-hydrogen) atoms. The summed E-state index contributed by atoms with van der Waals surface area (Å²) < 4.78 is 5.06. The standard InChI is InChI=1S/C20H25N5O3/c1-12-7-6-8-15(14(12)3)25-13(2)11-24-16-17(21-19(24)25)22(4)20(27)23(18(16)26)9-10-28-5/h6-8,11,16-17H,9-10H2,1-5H3. The number of rotatable bonds is 4. The highest BCUT2D eigenvalue weighted by atomic mass is 16.5. The summed E-state index contributed by atoms with van der Waals surface area (Å²) in [5.41, 5.74) is 4.37. The Morgan fingerprint density at radius 3 is 2.64 bits per heavy atom. The number of carbonyl (C=O) groups excluding carboxylic acids is 2. The maximum atomic E-state index is 13.1. The molecule has 148 valence electrons. The van der Waals surface area contributed by atoms with Crippen LogP contribution in [0.2, 0.25) is 0 Å². The number of ether oxygens (including phenoxy) is 1. The summed E-state index contributed by atoms with van der Waals surface area (Å²) in [6.07, 6.45) is 1.41. The molecule has 0 aromatic heterocycles. The fourth-order valence-electron chi connectivity index (χ4n) is 4.02. The first-order valence-electron chi connectivity index (χ1n) is 9.34. The third-order valence-electron chi connectivity index (χ3n) is 5.72. The van der Waals surface area contributed by atoms with E-state index in [9.17, 15) is 9.59 Å². The molecule has 3 amide bonds. The molecule has 4 rings (SSSR count). The van der Waals surface area contributed by atoms with Crippen molar-refractivity contribution in [3.05, 3.63) is 41.2 Å². The molecule has 3 heterocycles. The molecule has 1 fully saturated rings. The number of aliphatic imine (C=N–C) groups is 1. The number of hydrogen-bond donors (Lipinski definition) is 0. The fourth-order valence-corrected chi connectivity index (χ4v) is 4.02. The lowest BCUT2D eigenvalue weighted by molar-refractivity contribution is -0.137. The van der Waals surface area contributed by atoms with Gasteiger partial charge in [0.2, 0.25) is 5.96 Å². The maximum Gasteiger partial charge on any atom is 0.328 e. The fraction of sp³-hybridized carbons (Fsp3) is 0.450. The highest BCUT2D eigenvalue weighted by molar-refractivity contribution is 6.10. The second-order valence-corrected chi connectivity index (χ2v) is 7.40. The molecule has 0 spiro atoms. The Labute approximate surface area is 164 Å². The number of urea groups is 1. The lowest BCUT2D eigenvalue weighted by Crippen LogP contribution is -2.64. The van der Waals surface area contributed by atoms with Crippen LogP contribution in [0.5, 0.6) is 0 Å². The van der Waals surface area contributed by atoms with E-state index >= 15 is 0 Å². The molecule has 3 aliphatic rings. The van der Waals surface area contributed by atoms with Gasteiger partial charge in [-0.3, -0.25) is 14.6 Å². The summed E-state index contributed by atoms with van der Waals surface area (Å²) in [6.45, 7) is 6.69. The zero-order valence-electron chi connectivity index (χ0n) is 16.8. The van der Waals surface area contributed by atoms with Crippen LogP contribution in [0.4, 0.5) is 10.5 Å². The van der Waals surface area contributed by atoms with Gasteiger partial charge in [-0.25, -0.2) is 9.79 Å². The van der Waals surface area contributed by atoms with Crippen molar-refractivity contribution in [1.82, 2.24) is 14.7 Å². The molecule has 0 bridgehead atoms. The average molecular weight is 383 g/mol. The quantitative estimate of drug-likeness (QED) is 0.794. The van der Waals surface area contributed by atoms with E-state index in [4.69, 9.17) is 9.73 Å². The summed E-state index contributed by atoms with van der Waals surface area (Å²) in [5.74, 6) is 0.443. The number of methoxy groups -OCH3 is 1. The van der Waals surface area contributed by atoms with Crippen molar-refractivity contribution < 1.29 is 14.3 Å². The van der Waals surface area contributed by atoms with Gasteiger partial charge in [-0.1, -0.05) is 12.1 Å². The number of amides is 3. The lowest BCUT2D eigenvalue weighted by atomic mass is 10.1. The minimum Gasteiger partial charge on any atom is -0.383 e. The van der Waals surface area contributed by atoms with Crippen LogP contribution in [0.25, 0.3) is 0 Å². The van der Waals surface area contributed by atoms with Crippen molar-refractivity contribution in [2.24, 2.45) is 4.99 Å². The molecule has 8 nitrogen and oxygen atoms in total. The summed E-state index contributed by atoms with van der Waals surface area (Å²) in [6, 6.07) is 5.25. The van der Waals surface area contributed by atoms with Crippen LogP contribution in [0.1, 0.15) is 18.1 Å². The van der Waals surface area contributed by atoms with Crippen LogP contribution in [0, 0.1) is 13.8 Å². The SMILES string of the molecule is COCCN1C(=O)C2C(N=C3N(c4cccc(C)c4C)C(C)=CN32)N(C)C1=O. The van der Waals surface area contributed by atoms with Gasteiger partial charge >= 0.3 is 6.03 Å². The highest BCUT2D eigenvalue weighted by Gasteiger charge is 2.54. The molecule has 2 atom stereocenters. The Bertz CT molecular complexity index is 909. The van der Waals surface area contributed by atoms with Gasteiger partial charge in [-0.05, 0) is 38.0 Å². The monoisotopic (exact) mass is 383 g/mol. The van der Waals surface area contributed by atoms with Crippen LogP contribution < -0.4 is 4.90 Å². The Morgan fingerprint density at radius 2 is 1.93 bits per heavy atom. The highest BCUT2D eigenvalue weighted by Crippen LogP contribution is 2.37. The Morgan fingerprint density at radius 1 is 1.18 bits per heavy atom. The lowest BCUT2D eigenvalue weighted by Gasteiger charge is -2.40. The molecular formula is C20H25N5O3. The van der Waals surface area contributed by atoms with Crippen LogP contribution in [0.15, 0.2) is 35.1 Å². The first-order valence-corrected chi connectivity index (χ1v) is 9.34. The first-order chi connectivity index (χ1) is 13.4.